The fraction of sp³-hybridized carbons (Fsp3) is 0.600. The van der Waals surface area contributed by atoms with Crippen LogP contribution in [0.25, 0.3) is 0 Å². The number of likely N-dealkylation sites (N-methyl/N-ethyl adjacent to an activating group) is 1. The number of hydrogen-bond acceptors (Lipinski definition) is 2. The molecular weight excluding hydrogens is 337 g/mol. The second-order valence-corrected chi connectivity index (χ2v) is 6.75. The average Bonchev–Trinajstić information content (AvgIpc) is 3.09. The highest BCUT2D eigenvalue weighted by atomic mass is 127. The van der Waals surface area contributed by atoms with Crippen molar-refractivity contribution < 1.29 is 4.74 Å². The van der Waals surface area contributed by atoms with E-state index in [9.17, 15) is 0 Å². The molecule has 2 unspecified atom stereocenters. The van der Waals surface area contributed by atoms with E-state index in [0.717, 1.165) is 19.7 Å². The van der Waals surface area contributed by atoms with E-state index in [1.54, 1.807) is 0 Å². The first-order valence-corrected chi connectivity index (χ1v) is 7.90. The van der Waals surface area contributed by atoms with Crippen molar-refractivity contribution in [3.63, 3.8) is 0 Å². The first-order valence-electron chi connectivity index (χ1n) is 6.82. The topological polar surface area (TPSA) is 12.5 Å². The number of ether oxygens (including phenoxy) is 1. The molecule has 0 radical (unpaired) electrons. The minimum atomic E-state index is -0.152. The van der Waals surface area contributed by atoms with Gasteiger partial charge in [0.2, 0.25) is 0 Å². The van der Waals surface area contributed by atoms with E-state index in [-0.39, 0.29) is 9.15 Å². The molecule has 1 heterocycles. The second-order valence-electron chi connectivity index (χ2n) is 5.28. The second kappa shape index (κ2) is 4.46. The molecule has 1 aromatic carbocycles. The van der Waals surface area contributed by atoms with Crippen LogP contribution < -0.4 is 0 Å². The predicted octanol–water partition coefficient (Wildman–Crippen LogP) is 3.41. The van der Waals surface area contributed by atoms with E-state index < -0.39 is 0 Å². The van der Waals surface area contributed by atoms with Crippen LogP contribution >= 0.6 is 22.6 Å². The summed E-state index contributed by atoms with van der Waals surface area (Å²) in [5, 5.41) is 0. The number of rotatable bonds is 4. The largest absolute Gasteiger partial charge is 0.350 e. The van der Waals surface area contributed by atoms with Crippen LogP contribution in [0.2, 0.25) is 0 Å². The molecule has 1 saturated heterocycles. The summed E-state index contributed by atoms with van der Waals surface area (Å²) in [5.74, 6) is 0.706. The zero-order valence-corrected chi connectivity index (χ0v) is 13.2. The van der Waals surface area contributed by atoms with Crippen LogP contribution in [0, 0.1) is 5.92 Å². The molecule has 18 heavy (non-hydrogen) atoms. The van der Waals surface area contributed by atoms with Gasteiger partial charge in [-0.15, -0.1) is 0 Å². The number of hydrogen-bond donors (Lipinski definition) is 0. The third-order valence-corrected chi connectivity index (χ3v) is 6.55. The fourth-order valence-corrected chi connectivity index (χ4v) is 5.35. The number of alkyl halides is 1. The quantitative estimate of drug-likeness (QED) is 0.465. The van der Waals surface area contributed by atoms with E-state index in [0.29, 0.717) is 5.92 Å². The third-order valence-electron chi connectivity index (χ3n) is 4.59. The molecule has 2 fully saturated rings. The van der Waals surface area contributed by atoms with Gasteiger partial charge in [-0.05, 0) is 53.6 Å². The van der Waals surface area contributed by atoms with Crippen molar-refractivity contribution in [3.8, 4) is 0 Å². The van der Waals surface area contributed by atoms with Gasteiger partial charge in [0.1, 0.15) is 0 Å². The SMILES string of the molecule is CCN(CC)[C@]1(I)OCC2CC21c1ccccc1. The zero-order chi connectivity index (χ0) is 12.8. The van der Waals surface area contributed by atoms with Crippen LogP contribution in [-0.2, 0) is 10.2 Å². The smallest absolute Gasteiger partial charge is 0.183 e. The number of fused-ring (bicyclic) bond motifs is 1. The number of nitrogens with zero attached hydrogens (tertiary/aromatic N) is 1. The van der Waals surface area contributed by atoms with Crippen molar-refractivity contribution in [2.24, 2.45) is 5.92 Å². The molecule has 98 valence electrons. The summed E-state index contributed by atoms with van der Waals surface area (Å²) < 4.78 is 6.06. The highest BCUT2D eigenvalue weighted by Crippen LogP contribution is 2.69. The Balaban J connectivity index is 2.02. The van der Waals surface area contributed by atoms with Gasteiger partial charge in [0, 0.05) is 0 Å². The molecule has 3 atom stereocenters. The average molecular weight is 357 g/mol. The molecule has 0 amide bonds. The molecule has 2 aliphatic rings. The number of benzene rings is 1. The lowest BCUT2D eigenvalue weighted by Crippen LogP contribution is -2.52. The molecule has 1 aliphatic carbocycles. The van der Waals surface area contributed by atoms with E-state index in [2.05, 4.69) is 71.7 Å². The summed E-state index contributed by atoms with van der Waals surface area (Å²) in [6, 6.07) is 10.9. The molecule has 1 aromatic rings. The molecule has 0 spiro atoms. The first kappa shape index (κ1) is 12.9. The van der Waals surface area contributed by atoms with Gasteiger partial charge in [-0.3, -0.25) is 4.90 Å². The molecular formula is C15H20INO. The minimum Gasteiger partial charge on any atom is -0.350 e. The van der Waals surface area contributed by atoms with E-state index in [4.69, 9.17) is 4.74 Å². The highest BCUT2D eigenvalue weighted by Gasteiger charge is 2.73. The van der Waals surface area contributed by atoms with Gasteiger partial charge in [-0.2, -0.15) is 0 Å². The maximum absolute atomic E-state index is 6.22. The normalized spacial score (nSPS) is 37.9. The Morgan fingerprint density at radius 3 is 2.50 bits per heavy atom. The van der Waals surface area contributed by atoms with E-state index in [1.165, 1.54) is 12.0 Å². The standard InChI is InChI=1S/C15H20INO/c1-3-17(4-2)15(16)14(10-13(14)11-18-15)12-8-6-5-7-9-12/h5-9,13H,3-4,10-11H2,1-2H3/t13?,14?,15-/m0/s1. The maximum Gasteiger partial charge on any atom is 0.183 e. The minimum absolute atomic E-state index is 0.152. The van der Waals surface area contributed by atoms with Gasteiger partial charge in [-0.1, -0.05) is 44.2 Å². The Hall–Kier alpha value is -0.130. The van der Waals surface area contributed by atoms with Crippen LogP contribution in [0.1, 0.15) is 25.8 Å². The molecule has 1 aliphatic heterocycles. The van der Waals surface area contributed by atoms with Crippen molar-refractivity contribution in [2.75, 3.05) is 19.7 Å². The van der Waals surface area contributed by atoms with Crippen molar-refractivity contribution in [1.29, 1.82) is 0 Å². The van der Waals surface area contributed by atoms with Crippen molar-refractivity contribution in [1.82, 2.24) is 4.90 Å². The Labute approximate surface area is 123 Å². The summed E-state index contributed by atoms with van der Waals surface area (Å²) in [6.07, 6.45) is 1.27. The Bertz CT molecular complexity index is 433. The van der Waals surface area contributed by atoms with Crippen molar-refractivity contribution >= 4 is 22.6 Å². The Morgan fingerprint density at radius 1 is 1.28 bits per heavy atom. The Kier molecular flexibility index (Phi) is 3.19. The molecule has 0 aromatic heterocycles. The van der Waals surface area contributed by atoms with Crippen LogP contribution in [0.4, 0.5) is 0 Å². The van der Waals surface area contributed by atoms with Crippen LogP contribution in [0.3, 0.4) is 0 Å². The lowest BCUT2D eigenvalue weighted by Gasteiger charge is -2.41. The molecule has 0 N–H and O–H groups in total. The van der Waals surface area contributed by atoms with Crippen LogP contribution in [-0.4, -0.2) is 28.3 Å². The molecule has 3 heteroatoms. The van der Waals surface area contributed by atoms with Gasteiger partial charge < -0.3 is 4.74 Å². The zero-order valence-electron chi connectivity index (χ0n) is 11.0. The molecule has 0 bridgehead atoms. The van der Waals surface area contributed by atoms with Gasteiger partial charge in [0.25, 0.3) is 0 Å². The van der Waals surface area contributed by atoms with E-state index >= 15 is 0 Å². The lowest BCUT2D eigenvalue weighted by molar-refractivity contribution is -0.0610. The van der Waals surface area contributed by atoms with Crippen LogP contribution in [0.15, 0.2) is 30.3 Å². The van der Waals surface area contributed by atoms with Crippen LogP contribution in [0.5, 0.6) is 0 Å². The monoisotopic (exact) mass is 357 g/mol. The van der Waals surface area contributed by atoms with Gasteiger partial charge in [-0.25, -0.2) is 0 Å². The summed E-state index contributed by atoms with van der Waals surface area (Å²) >= 11 is 2.55. The molecule has 3 rings (SSSR count). The van der Waals surface area contributed by atoms with Crippen molar-refractivity contribution in [2.45, 2.75) is 29.4 Å². The lowest BCUT2D eigenvalue weighted by atomic mass is 9.92. The summed E-state index contributed by atoms with van der Waals surface area (Å²) in [7, 11) is 0. The maximum atomic E-state index is 6.22. The summed E-state index contributed by atoms with van der Waals surface area (Å²) in [5.41, 5.74) is 1.68. The highest BCUT2D eigenvalue weighted by molar-refractivity contribution is 14.1. The van der Waals surface area contributed by atoms with Gasteiger partial charge in [0.05, 0.1) is 12.0 Å². The Morgan fingerprint density at radius 2 is 1.94 bits per heavy atom. The van der Waals surface area contributed by atoms with E-state index in [1.807, 2.05) is 0 Å². The third kappa shape index (κ3) is 1.53. The first-order chi connectivity index (χ1) is 8.69. The van der Waals surface area contributed by atoms with Gasteiger partial charge in [0.15, 0.2) is 3.73 Å². The predicted molar refractivity (Wildman–Crippen MR) is 81.9 cm³/mol. The molecule has 1 saturated carbocycles. The fourth-order valence-electron chi connectivity index (χ4n) is 3.52. The van der Waals surface area contributed by atoms with Gasteiger partial charge >= 0.3 is 0 Å². The summed E-state index contributed by atoms with van der Waals surface area (Å²) in [6.45, 7) is 7.44. The van der Waals surface area contributed by atoms with Crippen molar-refractivity contribution in [3.05, 3.63) is 35.9 Å². The molecule has 2 nitrogen and oxygen atoms in total. The summed E-state index contributed by atoms with van der Waals surface area (Å²) in [4.78, 5) is 2.47. The number of halogens is 1.